The first kappa shape index (κ1) is 11.2. The molecule has 0 aliphatic rings. The Hall–Kier alpha value is -0.830. The number of hydrogen-bond donors (Lipinski definition) is 2. The van der Waals surface area contributed by atoms with E-state index in [4.69, 9.17) is 0 Å². The third-order valence-corrected chi connectivity index (χ3v) is 2.38. The Bertz CT molecular complexity index is 253. The normalized spacial score (nSPS) is 11.1. The Balaban J connectivity index is 2.08. The van der Waals surface area contributed by atoms with Crippen molar-refractivity contribution in [3.05, 3.63) is 17.5 Å². The fourth-order valence-electron chi connectivity index (χ4n) is 1.41. The number of aromatic nitrogens is 2. The molecule has 0 amide bonds. The van der Waals surface area contributed by atoms with Crippen LogP contribution >= 0.6 is 0 Å². The fourth-order valence-corrected chi connectivity index (χ4v) is 1.41. The summed E-state index contributed by atoms with van der Waals surface area (Å²) in [6.07, 6.45) is 4.46. The maximum Gasteiger partial charge on any atom is 0.0535 e. The molecule has 3 nitrogen and oxygen atoms in total. The van der Waals surface area contributed by atoms with Crippen LogP contribution in [0.4, 0.5) is 0 Å². The topological polar surface area (TPSA) is 40.7 Å². The van der Waals surface area contributed by atoms with Gasteiger partial charge in [0.15, 0.2) is 0 Å². The summed E-state index contributed by atoms with van der Waals surface area (Å²) in [7, 11) is 0. The van der Waals surface area contributed by atoms with Crippen LogP contribution in [-0.2, 0) is 6.54 Å². The van der Waals surface area contributed by atoms with Crippen LogP contribution in [0.25, 0.3) is 0 Å². The largest absolute Gasteiger partial charge is 0.313 e. The van der Waals surface area contributed by atoms with E-state index < -0.39 is 0 Å². The highest BCUT2D eigenvalue weighted by Gasteiger charge is 1.99. The number of aryl methyl sites for hydroxylation is 1. The van der Waals surface area contributed by atoms with Gasteiger partial charge in [-0.05, 0) is 32.2 Å². The van der Waals surface area contributed by atoms with E-state index in [0.717, 1.165) is 19.0 Å². The molecular weight excluding hydrogens is 174 g/mol. The lowest BCUT2D eigenvalue weighted by Gasteiger charge is -2.05. The van der Waals surface area contributed by atoms with E-state index in [-0.39, 0.29) is 0 Å². The Labute approximate surface area is 86.3 Å². The maximum atomic E-state index is 3.98. The molecule has 2 N–H and O–H groups in total. The van der Waals surface area contributed by atoms with E-state index >= 15 is 0 Å². The van der Waals surface area contributed by atoms with Gasteiger partial charge in [-0.3, -0.25) is 5.10 Å². The maximum absolute atomic E-state index is 3.98. The van der Waals surface area contributed by atoms with Crippen molar-refractivity contribution in [2.24, 2.45) is 5.92 Å². The summed E-state index contributed by atoms with van der Waals surface area (Å²) in [6.45, 7) is 8.61. The molecule has 80 valence electrons. The highest BCUT2D eigenvalue weighted by molar-refractivity contribution is 5.13. The van der Waals surface area contributed by atoms with Crippen LogP contribution in [0.2, 0.25) is 0 Å². The number of aromatic amines is 1. The van der Waals surface area contributed by atoms with Gasteiger partial charge < -0.3 is 5.32 Å². The lowest BCUT2D eigenvalue weighted by molar-refractivity contribution is 0.527. The molecule has 0 unspecified atom stereocenters. The van der Waals surface area contributed by atoms with Crippen LogP contribution in [0.3, 0.4) is 0 Å². The quantitative estimate of drug-likeness (QED) is 0.683. The van der Waals surface area contributed by atoms with E-state index in [1.165, 1.54) is 24.1 Å². The summed E-state index contributed by atoms with van der Waals surface area (Å²) in [6, 6.07) is 0. The molecule has 3 heteroatoms. The summed E-state index contributed by atoms with van der Waals surface area (Å²) >= 11 is 0. The third-order valence-electron chi connectivity index (χ3n) is 2.38. The average Bonchev–Trinajstić information content (AvgIpc) is 2.51. The smallest absolute Gasteiger partial charge is 0.0535 e. The van der Waals surface area contributed by atoms with Crippen molar-refractivity contribution >= 4 is 0 Å². The number of H-pyrrole nitrogens is 1. The van der Waals surface area contributed by atoms with Gasteiger partial charge in [-0.2, -0.15) is 5.10 Å². The highest BCUT2D eigenvalue weighted by atomic mass is 15.1. The number of hydrogen-bond acceptors (Lipinski definition) is 2. The second-order valence-electron chi connectivity index (χ2n) is 4.23. The van der Waals surface area contributed by atoms with Gasteiger partial charge in [-0.15, -0.1) is 0 Å². The zero-order valence-electron chi connectivity index (χ0n) is 9.43. The van der Waals surface area contributed by atoms with Gasteiger partial charge in [-0.1, -0.05) is 13.8 Å². The average molecular weight is 195 g/mol. The van der Waals surface area contributed by atoms with Gasteiger partial charge >= 0.3 is 0 Å². The van der Waals surface area contributed by atoms with Gasteiger partial charge in [0.2, 0.25) is 0 Å². The summed E-state index contributed by atoms with van der Waals surface area (Å²) in [4.78, 5) is 0. The highest BCUT2D eigenvalue weighted by Crippen LogP contribution is 2.03. The van der Waals surface area contributed by atoms with Crippen molar-refractivity contribution in [3.63, 3.8) is 0 Å². The Morgan fingerprint density at radius 2 is 2.29 bits per heavy atom. The third kappa shape index (κ3) is 3.92. The van der Waals surface area contributed by atoms with Crippen LogP contribution in [0.5, 0.6) is 0 Å². The monoisotopic (exact) mass is 195 g/mol. The molecule has 14 heavy (non-hydrogen) atoms. The molecule has 1 heterocycles. The van der Waals surface area contributed by atoms with E-state index in [1.807, 2.05) is 6.20 Å². The van der Waals surface area contributed by atoms with E-state index in [0.29, 0.717) is 0 Å². The van der Waals surface area contributed by atoms with Crippen LogP contribution in [0.15, 0.2) is 6.20 Å². The first-order chi connectivity index (χ1) is 6.70. The molecule has 0 radical (unpaired) electrons. The molecule has 1 rings (SSSR count). The molecular formula is C11H21N3. The number of nitrogens with one attached hydrogen (secondary N) is 2. The molecule has 0 atom stereocenters. The van der Waals surface area contributed by atoms with Gasteiger partial charge in [-0.25, -0.2) is 0 Å². The standard InChI is InChI=1S/C11H21N3/c1-9(2)5-4-6-12-7-11-8-13-14-10(11)3/h8-9,12H,4-7H2,1-3H3,(H,13,14). The van der Waals surface area contributed by atoms with E-state index in [2.05, 4.69) is 36.3 Å². The molecule has 0 aliphatic heterocycles. The Kier molecular flexibility index (Phi) is 4.66. The molecule has 0 saturated heterocycles. The van der Waals surface area contributed by atoms with Gasteiger partial charge in [0.05, 0.1) is 6.20 Å². The molecule has 1 aromatic heterocycles. The Morgan fingerprint density at radius 3 is 2.86 bits per heavy atom. The molecule has 0 aromatic carbocycles. The van der Waals surface area contributed by atoms with Crippen molar-refractivity contribution in [2.45, 2.75) is 40.2 Å². The van der Waals surface area contributed by atoms with E-state index in [1.54, 1.807) is 0 Å². The number of rotatable bonds is 6. The zero-order valence-corrected chi connectivity index (χ0v) is 9.43. The predicted molar refractivity (Wildman–Crippen MR) is 59.1 cm³/mol. The molecule has 0 saturated carbocycles. The first-order valence-electron chi connectivity index (χ1n) is 5.39. The molecule has 0 spiro atoms. The minimum atomic E-state index is 0.812. The summed E-state index contributed by atoms with van der Waals surface area (Å²) in [5.41, 5.74) is 2.44. The number of nitrogens with zero attached hydrogens (tertiary/aromatic N) is 1. The first-order valence-corrected chi connectivity index (χ1v) is 5.39. The molecule has 0 fully saturated rings. The summed E-state index contributed by atoms with van der Waals surface area (Å²) in [5, 5.41) is 10.3. The van der Waals surface area contributed by atoms with Crippen LogP contribution in [0.1, 0.15) is 37.9 Å². The van der Waals surface area contributed by atoms with Crippen LogP contribution in [-0.4, -0.2) is 16.7 Å². The van der Waals surface area contributed by atoms with Crippen LogP contribution < -0.4 is 5.32 Å². The van der Waals surface area contributed by atoms with Gasteiger partial charge in [0.25, 0.3) is 0 Å². The molecule has 0 bridgehead atoms. The van der Waals surface area contributed by atoms with Crippen molar-refractivity contribution in [3.8, 4) is 0 Å². The van der Waals surface area contributed by atoms with Gasteiger partial charge in [0.1, 0.15) is 0 Å². The fraction of sp³-hybridized carbons (Fsp3) is 0.727. The van der Waals surface area contributed by atoms with Gasteiger partial charge in [0, 0.05) is 17.8 Å². The van der Waals surface area contributed by atoms with Crippen molar-refractivity contribution < 1.29 is 0 Å². The summed E-state index contributed by atoms with van der Waals surface area (Å²) < 4.78 is 0. The minimum absolute atomic E-state index is 0.812. The Morgan fingerprint density at radius 1 is 1.50 bits per heavy atom. The molecule has 1 aromatic rings. The second kappa shape index (κ2) is 5.81. The van der Waals surface area contributed by atoms with E-state index in [9.17, 15) is 0 Å². The minimum Gasteiger partial charge on any atom is -0.313 e. The van der Waals surface area contributed by atoms with Crippen LogP contribution in [0, 0.1) is 12.8 Å². The van der Waals surface area contributed by atoms with Crippen molar-refractivity contribution in [2.75, 3.05) is 6.54 Å². The van der Waals surface area contributed by atoms with Crippen molar-refractivity contribution in [1.29, 1.82) is 0 Å². The molecule has 0 aliphatic carbocycles. The van der Waals surface area contributed by atoms with Crippen molar-refractivity contribution in [1.82, 2.24) is 15.5 Å². The zero-order chi connectivity index (χ0) is 10.4. The summed E-state index contributed by atoms with van der Waals surface area (Å²) in [5.74, 6) is 0.812. The lowest BCUT2D eigenvalue weighted by atomic mass is 10.1. The predicted octanol–water partition coefficient (Wildman–Crippen LogP) is 2.24. The second-order valence-corrected chi connectivity index (χ2v) is 4.23. The SMILES string of the molecule is Cc1[nH]ncc1CNCCCC(C)C. The lowest BCUT2D eigenvalue weighted by Crippen LogP contribution is -2.15.